The van der Waals surface area contributed by atoms with Crippen molar-refractivity contribution in [3.63, 3.8) is 0 Å². The van der Waals surface area contributed by atoms with Crippen molar-refractivity contribution in [2.75, 3.05) is 12.3 Å². The van der Waals surface area contributed by atoms with Crippen molar-refractivity contribution < 1.29 is 70.1 Å². The zero-order valence-electron chi connectivity index (χ0n) is 24.5. The maximum absolute atomic E-state index is 13.4. The number of hydrogen-bond acceptors (Lipinski definition) is 0. The van der Waals surface area contributed by atoms with Crippen LogP contribution in [0.15, 0.2) is 60.2 Å². The summed E-state index contributed by atoms with van der Waals surface area (Å²) in [5.41, 5.74) is -2.44. The van der Waals surface area contributed by atoms with E-state index >= 15 is 0 Å². The van der Waals surface area contributed by atoms with Crippen LogP contribution in [0.25, 0.3) is 10.8 Å². The molecular weight excluding hydrogens is 766 g/mol. The van der Waals surface area contributed by atoms with Crippen LogP contribution >= 0.6 is 33.4 Å². The van der Waals surface area contributed by atoms with Crippen LogP contribution < -0.4 is 10.9 Å². The summed E-state index contributed by atoms with van der Waals surface area (Å²) >= 11 is 0. The number of halogens is 12. The van der Waals surface area contributed by atoms with E-state index in [1.807, 2.05) is 0 Å². The maximum Gasteiger partial charge on any atom is 2.00 e. The Morgan fingerprint density at radius 3 is 1.39 bits per heavy atom. The Morgan fingerprint density at radius 1 is 0.674 bits per heavy atom. The SMILES string of the molecule is CC1=[C-]CC=C1.CCPCC.Cl.Cl.Fc1c(F)c(F)c([B]c2c(F)c(F)c(F)c(F)c2F)c(F)c1F.[Zr+2].c1ccc2[cH-]ccc2c1. The van der Waals surface area contributed by atoms with E-state index in [9.17, 15) is 43.9 Å². The van der Waals surface area contributed by atoms with Crippen molar-refractivity contribution in [1.82, 2.24) is 0 Å². The second-order valence-electron chi connectivity index (χ2n) is 8.69. The summed E-state index contributed by atoms with van der Waals surface area (Å²) in [6.45, 7) is 6.51. The monoisotopic (exact) mass is 791 g/mol. The Balaban J connectivity index is 0. The fourth-order valence-electron chi connectivity index (χ4n) is 3.48. The van der Waals surface area contributed by atoms with Crippen molar-refractivity contribution in [1.29, 1.82) is 0 Å². The molecule has 5 rings (SSSR count). The average Bonchev–Trinajstić information content (AvgIpc) is 3.70. The smallest absolute Gasteiger partial charge is 0.270 e. The van der Waals surface area contributed by atoms with Gasteiger partial charge in [0.1, 0.15) is 0 Å². The summed E-state index contributed by atoms with van der Waals surface area (Å²) in [4.78, 5) is 0. The molecule has 0 amide bonds. The molecule has 0 saturated heterocycles. The molecule has 0 unspecified atom stereocenters. The molecule has 46 heavy (non-hydrogen) atoms. The fraction of sp³-hybridized carbons (Fsp3) is 0.194. The van der Waals surface area contributed by atoms with Gasteiger partial charge >= 0.3 is 26.2 Å². The molecule has 0 nitrogen and oxygen atoms in total. The normalized spacial score (nSPS) is 10.8. The standard InChI is InChI=1S/C12BF10.C9H7.C6H7.C4H11P.2ClH.Zr/c14-3-1(4(15)8(19)11(22)7(3)18)13-2-5(16)9(20)12(23)10(21)6(2)17;1-2-5-9-7-3-6-8(9)4-1;1-6-4-2-3-5-6;1-3-5-4-2;;;/h;1-7H;2,4H,3H2,1H3;5H,3-4H2,1-2H3;2*1H;/q;2*-1;;;;+2. The molecular formula is C31H27BCl2F10PZr. The molecule has 0 saturated carbocycles. The van der Waals surface area contributed by atoms with E-state index < -0.39 is 69.1 Å². The third-order valence-electron chi connectivity index (χ3n) is 5.69. The van der Waals surface area contributed by atoms with Crippen LogP contribution in [0.2, 0.25) is 0 Å². The largest absolute Gasteiger partial charge is 2.00 e. The summed E-state index contributed by atoms with van der Waals surface area (Å²) in [5, 5.41) is 2.66. The molecule has 1 aliphatic carbocycles. The van der Waals surface area contributed by atoms with Gasteiger partial charge in [0, 0.05) is 0 Å². The molecule has 0 heterocycles. The number of benzene rings is 3. The minimum Gasteiger partial charge on any atom is -0.270 e. The van der Waals surface area contributed by atoms with Gasteiger partial charge in [-0.2, -0.15) is 23.6 Å². The first kappa shape index (κ1) is 46.1. The van der Waals surface area contributed by atoms with E-state index in [0.29, 0.717) is 0 Å². The van der Waals surface area contributed by atoms with E-state index in [1.54, 1.807) is 0 Å². The van der Waals surface area contributed by atoms with Crippen molar-refractivity contribution >= 4 is 62.4 Å². The Labute approximate surface area is 295 Å². The molecule has 247 valence electrons. The summed E-state index contributed by atoms with van der Waals surface area (Å²) in [7, 11) is 0.829. The molecule has 0 fully saturated rings. The summed E-state index contributed by atoms with van der Waals surface area (Å²) in [5.74, 6) is -24.9. The molecule has 4 aromatic carbocycles. The predicted octanol–water partition coefficient (Wildman–Crippen LogP) is 9.53. The third-order valence-corrected chi connectivity index (χ3v) is 6.69. The van der Waals surface area contributed by atoms with Crippen molar-refractivity contribution in [3.05, 3.63) is 124 Å². The molecule has 0 aromatic heterocycles. The first-order valence-corrected chi connectivity index (χ1v) is 14.2. The fourth-order valence-corrected chi connectivity index (χ4v) is 3.98. The Morgan fingerprint density at radius 2 is 1.09 bits per heavy atom. The molecule has 0 N–H and O–H groups in total. The van der Waals surface area contributed by atoms with Gasteiger partial charge in [-0.3, -0.25) is 6.08 Å². The van der Waals surface area contributed by atoms with Gasteiger partial charge in [-0.15, -0.1) is 69.5 Å². The minimum atomic E-state index is -2.55. The van der Waals surface area contributed by atoms with Crippen LogP contribution in [0.1, 0.15) is 27.2 Å². The number of allylic oxidation sites excluding steroid dienone is 4. The minimum absolute atomic E-state index is 0. The van der Waals surface area contributed by atoms with E-state index in [1.165, 1.54) is 37.3 Å². The Bertz CT molecular complexity index is 1450. The molecule has 0 bridgehead atoms. The summed E-state index contributed by atoms with van der Waals surface area (Å²) < 4.78 is 131. The quantitative estimate of drug-likeness (QED) is 0.0483. The number of hydrogen-bond donors (Lipinski definition) is 0. The molecule has 0 atom stereocenters. The van der Waals surface area contributed by atoms with Gasteiger partial charge in [-0.1, -0.05) is 26.8 Å². The second kappa shape index (κ2) is 22.6. The average molecular weight is 793 g/mol. The topological polar surface area (TPSA) is 0 Å². The molecule has 15 heteroatoms. The number of fused-ring (bicyclic) bond motifs is 1. The van der Waals surface area contributed by atoms with Crippen LogP contribution in [0.4, 0.5) is 43.9 Å². The van der Waals surface area contributed by atoms with E-state index in [0.717, 1.165) is 6.42 Å². The van der Waals surface area contributed by atoms with Crippen LogP contribution in [0.5, 0.6) is 0 Å². The molecule has 1 aliphatic rings. The van der Waals surface area contributed by atoms with E-state index in [2.05, 4.69) is 81.5 Å². The van der Waals surface area contributed by atoms with Gasteiger partial charge in [0.25, 0.3) is 0 Å². The first-order chi connectivity index (χ1) is 20.4. The van der Waals surface area contributed by atoms with Crippen molar-refractivity contribution in [3.8, 4) is 0 Å². The van der Waals surface area contributed by atoms with Gasteiger partial charge in [0.2, 0.25) is 7.28 Å². The van der Waals surface area contributed by atoms with Crippen LogP contribution in [-0.4, -0.2) is 19.6 Å². The van der Waals surface area contributed by atoms with Crippen LogP contribution in [0, 0.1) is 64.2 Å². The number of rotatable bonds is 4. The van der Waals surface area contributed by atoms with E-state index in [4.69, 9.17) is 0 Å². The van der Waals surface area contributed by atoms with Gasteiger partial charge in [0.05, 0.1) is 0 Å². The first-order valence-electron chi connectivity index (χ1n) is 12.8. The summed E-state index contributed by atoms with van der Waals surface area (Å²) in [6.07, 6.45) is 11.1. The Kier molecular flexibility index (Phi) is 22.6. The zero-order chi connectivity index (χ0) is 32.3. The van der Waals surface area contributed by atoms with Gasteiger partial charge < -0.3 is 0 Å². The van der Waals surface area contributed by atoms with Crippen LogP contribution in [0.3, 0.4) is 0 Å². The molecule has 4 aromatic rings. The van der Waals surface area contributed by atoms with Crippen LogP contribution in [-0.2, 0) is 26.2 Å². The summed E-state index contributed by atoms with van der Waals surface area (Å²) in [6, 6.07) is 14.7. The molecule has 1 radical (unpaired) electrons. The Hall–Kier alpha value is -1.99. The second-order valence-corrected chi connectivity index (χ2v) is 10.6. The molecule has 0 spiro atoms. The maximum atomic E-state index is 13.4. The van der Waals surface area contributed by atoms with Gasteiger partial charge in [-0.25, -0.2) is 55.6 Å². The molecule has 0 aliphatic heterocycles. The predicted molar refractivity (Wildman–Crippen MR) is 167 cm³/mol. The van der Waals surface area contributed by atoms with Gasteiger partial charge in [0.15, 0.2) is 58.2 Å². The third kappa shape index (κ3) is 12.2. The van der Waals surface area contributed by atoms with Gasteiger partial charge in [-0.05, 0) is 23.2 Å². The van der Waals surface area contributed by atoms with Crippen molar-refractivity contribution in [2.45, 2.75) is 27.2 Å². The van der Waals surface area contributed by atoms with E-state index in [-0.39, 0.29) is 58.3 Å². The zero-order valence-corrected chi connectivity index (χ0v) is 29.6. The van der Waals surface area contributed by atoms with Crippen molar-refractivity contribution in [2.24, 2.45) is 0 Å².